The van der Waals surface area contributed by atoms with Crippen LogP contribution in [0.5, 0.6) is 0 Å². The van der Waals surface area contributed by atoms with Crippen molar-refractivity contribution in [3.63, 3.8) is 0 Å². The van der Waals surface area contributed by atoms with Gasteiger partial charge in [-0.05, 0) is 30.5 Å². The molecular formula is C14H19Br. The van der Waals surface area contributed by atoms with E-state index in [1.807, 2.05) is 0 Å². The molecule has 0 nitrogen and oxygen atoms in total. The Morgan fingerprint density at radius 1 is 1.20 bits per heavy atom. The highest BCUT2D eigenvalue weighted by molar-refractivity contribution is 9.10. The average Bonchev–Trinajstić information content (AvgIpc) is 2.23. The Balaban J connectivity index is 2.26. The normalized spacial score (nSPS) is 11.1. The molecule has 0 heterocycles. The van der Waals surface area contributed by atoms with Gasteiger partial charge in [-0.25, -0.2) is 0 Å². The Morgan fingerprint density at radius 3 is 2.80 bits per heavy atom. The minimum atomic E-state index is 1.15. The summed E-state index contributed by atoms with van der Waals surface area (Å²) >= 11 is 3.47. The lowest BCUT2D eigenvalue weighted by molar-refractivity contribution is 0.675. The van der Waals surface area contributed by atoms with Gasteiger partial charge in [0.1, 0.15) is 0 Å². The molecule has 0 saturated carbocycles. The van der Waals surface area contributed by atoms with Crippen molar-refractivity contribution in [3.05, 3.63) is 40.4 Å². The summed E-state index contributed by atoms with van der Waals surface area (Å²) in [5, 5.41) is 0. The summed E-state index contributed by atoms with van der Waals surface area (Å²) in [6.07, 6.45) is 11.0. The van der Waals surface area contributed by atoms with Crippen LogP contribution in [0.3, 0.4) is 0 Å². The molecule has 0 aliphatic rings. The van der Waals surface area contributed by atoms with E-state index in [0.717, 1.165) is 4.47 Å². The Labute approximate surface area is 102 Å². The van der Waals surface area contributed by atoms with E-state index in [0.29, 0.717) is 0 Å². The standard InChI is InChI=1S/C14H19Br/c1-2-3-4-5-6-7-9-13-10-8-11-14(15)12-13/h7-12H,2-6H2,1H3. The van der Waals surface area contributed by atoms with E-state index >= 15 is 0 Å². The van der Waals surface area contributed by atoms with Crippen LogP contribution in [0, 0.1) is 0 Å². The molecule has 1 aromatic rings. The van der Waals surface area contributed by atoms with Crippen LogP contribution in [0.15, 0.2) is 34.8 Å². The third-order valence-electron chi connectivity index (χ3n) is 2.38. The molecule has 1 heteroatoms. The second-order valence-corrected chi connectivity index (χ2v) is 4.72. The maximum atomic E-state index is 3.47. The molecule has 0 unspecified atom stereocenters. The molecule has 0 atom stereocenters. The van der Waals surface area contributed by atoms with Gasteiger partial charge < -0.3 is 0 Å². The van der Waals surface area contributed by atoms with Crippen LogP contribution in [0.2, 0.25) is 0 Å². The maximum absolute atomic E-state index is 3.47. The van der Waals surface area contributed by atoms with Crippen molar-refractivity contribution in [1.29, 1.82) is 0 Å². The zero-order chi connectivity index (χ0) is 10.9. The first-order chi connectivity index (χ1) is 7.33. The molecule has 15 heavy (non-hydrogen) atoms. The fourth-order valence-corrected chi connectivity index (χ4v) is 1.94. The molecule has 1 rings (SSSR count). The molecule has 0 aliphatic heterocycles. The minimum absolute atomic E-state index is 1.15. The lowest BCUT2D eigenvalue weighted by Crippen LogP contribution is -1.74. The highest BCUT2D eigenvalue weighted by atomic mass is 79.9. The highest BCUT2D eigenvalue weighted by Gasteiger charge is 1.88. The SMILES string of the molecule is CCCCCCC=Cc1cccc(Br)c1. The third-order valence-corrected chi connectivity index (χ3v) is 2.88. The first kappa shape index (κ1) is 12.5. The monoisotopic (exact) mass is 266 g/mol. The van der Waals surface area contributed by atoms with Gasteiger partial charge in [0, 0.05) is 4.47 Å². The van der Waals surface area contributed by atoms with Crippen LogP contribution < -0.4 is 0 Å². The maximum Gasteiger partial charge on any atom is 0.0181 e. The number of hydrogen-bond acceptors (Lipinski definition) is 0. The predicted molar refractivity (Wildman–Crippen MR) is 71.9 cm³/mol. The van der Waals surface area contributed by atoms with E-state index in [2.05, 4.69) is 59.3 Å². The first-order valence-corrected chi connectivity index (χ1v) is 6.54. The number of rotatable bonds is 6. The first-order valence-electron chi connectivity index (χ1n) is 5.75. The summed E-state index contributed by atoms with van der Waals surface area (Å²) in [5.74, 6) is 0. The Hall–Kier alpha value is -0.560. The van der Waals surface area contributed by atoms with Crippen LogP contribution in [-0.2, 0) is 0 Å². The number of unbranched alkanes of at least 4 members (excludes halogenated alkanes) is 4. The van der Waals surface area contributed by atoms with E-state index in [1.54, 1.807) is 0 Å². The van der Waals surface area contributed by atoms with Crippen LogP contribution in [0.25, 0.3) is 6.08 Å². The Bertz CT molecular complexity index is 302. The summed E-state index contributed by atoms with van der Waals surface area (Å²) < 4.78 is 1.15. The smallest absolute Gasteiger partial charge is 0.0181 e. The summed E-state index contributed by atoms with van der Waals surface area (Å²) in [6.45, 7) is 2.25. The second kappa shape index (κ2) is 7.70. The van der Waals surface area contributed by atoms with Gasteiger partial charge in [0.05, 0.1) is 0 Å². The number of benzene rings is 1. The lowest BCUT2D eigenvalue weighted by Gasteiger charge is -1.96. The van der Waals surface area contributed by atoms with Crippen molar-refractivity contribution in [2.24, 2.45) is 0 Å². The highest BCUT2D eigenvalue weighted by Crippen LogP contribution is 2.13. The molecule has 1 aromatic carbocycles. The summed E-state index contributed by atoms with van der Waals surface area (Å²) in [6, 6.07) is 8.40. The van der Waals surface area contributed by atoms with E-state index in [1.165, 1.54) is 37.7 Å². The molecule has 0 aliphatic carbocycles. The van der Waals surface area contributed by atoms with Crippen molar-refractivity contribution < 1.29 is 0 Å². The van der Waals surface area contributed by atoms with Crippen molar-refractivity contribution in [2.75, 3.05) is 0 Å². The van der Waals surface area contributed by atoms with Gasteiger partial charge in [0.25, 0.3) is 0 Å². The van der Waals surface area contributed by atoms with E-state index < -0.39 is 0 Å². The van der Waals surface area contributed by atoms with Gasteiger partial charge in [-0.2, -0.15) is 0 Å². The fourth-order valence-electron chi connectivity index (χ4n) is 1.52. The fraction of sp³-hybridized carbons (Fsp3) is 0.429. The van der Waals surface area contributed by atoms with Gasteiger partial charge in [-0.3, -0.25) is 0 Å². The lowest BCUT2D eigenvalue weighted by atomic mass is 10.1. The number of halogens is 1. The van der Waals surface area contributed by atoms with Gasteiger partial charge in [-0.15, -0.1) is 0 Å². The largest absolute Gasteiger partial charge is 0.0839 e. The topological polar surface area (TPSA) is 0 Å². The minimum Gasteiger partial charge on any atom is -0.0839 e. The zero-order valence-corrected chi connectivity index (χ0v) is 11.0. The van der Waals surface area contributed by atoms with Gasteiger partial charge in [0.15, 0.2) is 0 Å². The molecule has 82 valence electrons. The summed E-state index contributed by atoms with van der Waals surface area (Å²) in [4.78, 5) is 0. The van der Waals surface area contributed by atoms with Gasteiger partial charge >= 0.3 is 0 Å². The summed E-state index contributed by atoms with van der Waals surface area (Å²) in [5.41, 5.74) is 1.28. The summed E-state index contributed by atoms with van der Waals surface area (Å²) in [7, 11) is 0. The molecule has 0 bridgehead atoms. The molecule has 0 aromatic heterocycles. The van der Waals surface area contributed by atoms with Crippen LogP contribution in [-0.4, -0.2) is 0 Å². The molecule has 0 spiro atoms. The third kappa shape index (κ3) is 5.78. The average molecular weight is 267 g/mol. The molecular weight excluding hydrogens is 248 g/mol. The molecule has 0 amide bonds. The zero-order valence-electron chi connectivity index (χ0n) is 9.38. The van der Waals surface area contributed by atoms with Gasteiger partial charge in [0.2, 0.25) is 0 Å². The predicted octanol–water partition coefficient (Wildman–Crippen LogP) is 5.43. The van der Waals surface area contributed by atoms with Crippen molar-refractivity contribution in [1.82, 2.24) is 0 Å². The quantitative estimate of drug-likeness (QED) is 0.602. The molecule has 0 saturated heterocycles. The van der Waals surface area contributed by atoms with Crippen LogP contribution in [0.4, 0.5) is 0 Å². The van der Waals surface area contributed by atoms with E-state index in [9.17, 15) is 0 Å². The molecule has 0 fully saturated rings. The van der Waals surface area contributed by atoms with Crippen LogP contribution >= 0.6 is 15.9 Å². The van der Waals surface area contributed by atoms with Gasteiger partial charge in [-0.1, -0.05) is 66.4 Å². The Kier molecular flexibility index (Phi) is 6.42. The van der Waals surface area contributed by atoms with E-state index in [-0.39, 0.29) is 0 Å². The van der Waals surface area contributed by atoms with Crippen LogP contribution in [0.1, 0.15) is 44.6 Å². The second-order valence-electron chi connectivity index (χ2n) is 3.81. The molecule has 0 radical (unpaired) electrons. The van der Waals surface area contributed by atoms with E-state index in [4.69, 9.17) is 0 Å². The number of hydrogen-bond donors (Lipinski definition) is 0. The van der Waals surface area contributed by atoms with Crippen molar-refractivity contribution in [2.45, 2.75) is 39.0 Å². The van der Waals surface area contributed by atoms with Crippen molar-refractivity contribution in [3.8, 4) is 0 Å². The number of allylic oxidation sites excluding steroid dienone is 1. The Morgan fingerprint density at radius 2 is 2.07 bits per heavy atom. The molecule has 0 N–H and O–H groups in total. The van der Waals surface area contributed by atoms with Crippen molar-refractivity contribution >= 4 is 22.0 Å².